The van der Waals surface area contributed by atoms with E-state index in [2.05, 4.69) is 75.3 Å². The van der Waals surface area contributed by atoms with Gasteiger partial charge in [-0.25, -0.2) is 9.97 Å². The summed E-state index contributed by atoms with van der Waals surface area (Å²) in [6.07, 6.45) is 8.95. The van der Waals surface area contributed by atoms with E-state index in [1.54, 1.807) is 12.3 Å². The van der Waals surface area contributed by atoms with Crippen LogP contribution in [0.4, 0.5) is 29.1 Å². The van der Waals surface area contributed by atoms with Gasteiger partial charge in [-0.15, -0.1) is 6.58 Å². The van der Waals surface area contributed by atoms with Gasteiger partial charge < -0.3 is 25.8 Å². The third-order valence-electron chi connectivity index (χ3n) is 6.46. The molecule has 1 saturated heterocycles. The van der Waals surface area contributed by atoms with Gasteiger partial charge in [-0.3, -0.25) is 9.48 Å². The molecule has 4 rings (SSSR count). The first-order valence-electron chi connectivity index (χ1n) is 13.0. The number of carbonyl (C=O) groups excluding carboxylic acids is 1. The zero-order valence-corrected chi connectivity index (χ0v) is 22.7. The van der Waals surface area contributed by atoms with E-state index in [-0.39, 0.29) is 5.91 Å². The lowest BCUT2D eigenvalue weighted by Crippen LogP contribution is -2.42. The Morgan fingerprint density at radius 3 is 2.74 bits per heavy atom. The number of hydrogen-bond acceptors (Lipinski definition) is 9. The highest BCUT2D eigenvalue weighted by molar-refractivity contribution is 5.99. The van der Waals surface area contributed by atoms with Crippen molar-refractivity contribution in [2.45, 2.75) is 39.3 Å². The molecule has 202 valence electrons. The molecule has 3 aromatic rings. The van der Waals surface area contributed by atoms with E-state index in [1.165, 1.54) is 6.20 Å². The van der Waals surface area contributed by atoms with Crippen LogP contribution in [0.25, 0.3) is 0 Å². The monoisotopic (exact) mass is 518 g/mol. The largest absolute Gasteiger partial charge is 0.357 e. The molecule has 0 atom stereocenters. The zero-order valence-electron chi connectivity index (χ0n) is 22.7. The fraction of sp³-hybridized carbons (Fsp3) is 0.444. The average molecular weight is 519 g/mol. The van der Waals surface area contributed by atoms with Gasteiger partial charge in [0.05, 0.1) is 11.9 Å². The summed E-state index contributed by atoms with van der Waals surface area (Å²) in [7, 11) is 4.24. The number of rotatable bonds is 11. The van der Waals surface area contributed by atoms with Crippen molar-refractivity contribution in [1.29, 1.82) is 0 Å². The van der Waals surface area contributed by atoms with Crippen molar-refractivity contribution < 1.29 is 4.79 Å². The zero-order chi connectivity index (χ0) is 27.1. The second-order valence-corrected chi connectivity index (χ2v) is 10.1. The summed E-state index contributed by atoms with van der Waals surface area (Å²) < 4.78 is 1.87. The van der Waals surface area contributed by atoms with Crippen LogP contribution in [0.3, 0.4) is 0 Å². The van der Waals surface area contributed by atoms with E-state index in [1.807, 2.05) is 29.1 Å². The molecule has 11 heteroatoms. The Kier molecular flexibility index (Phi) is 8.90. The standard InChI is InChI=1S/C27H38N10O/c1-6-12-28-26(38)22-16-29-27(31-20-15-30-37(18-20)17-19(2)3)34-25(22)33-23-8-7-9-24(32-23)36(5)21-10-13-35(4)14-11-21/h6-9,15-16,18-19,21H,1,10-14,17H2,2-5H3,(H,28,38)(H2,29,31,32,33,34). The lowest BCUT2D eigenvalue weighted by Gasteiger charge is -2.35. The van der Waals surface area contributed by atoms with Crippen LogP contribution in [0, 0.1) is 5.92 Å². The van der Waals surface area contributed by atoms with Gasteiger partial charge in [-0.2, -0.15) is 10.1 Å². The maximum Gasteiger partial charge on any atom is 0.256 e. The second-order valence-electron chi connectivity index (χ2n) is 10.1. The molecule has 38 heavy (non-hydrogen) atoms. The number of nitrogens with one attached hydrogen (secondary N) is 3. The van der Waals surface area contributed by atoms with Gasteiger partial charge in [0.15, 0.2) is 0 Å². The normalized spacial score (nSPS) is 14.3. The highest BCUT2D eigenvalue weighted by Crippen LogP contribution is 2.24. The van der Waals surface area contributed by atoms with E-state index < -0.39 is 0 Å². The number of nitrogens with zero attached hydrogens (tertiary/aromatic N) is 7. The van der Waals surface area contributed by atoms with Crippen LogP contribution < -0.4 is 20.9 Å². The van der Waals surface area contributed by atoms with Crippen molar-refractivity contribution in [3.05, 3.63) is 55.0 Å². The Hall–Kier alpha value is -3.99. The number of pyridine rings is 1. The van der Waals surface area contributed by atoms with Gasteiger partial charge in [-0.1, -0.05) is 26.0 Å². The molecule has 0 saturated carbocycles. The quantitative estimate of drug-likeness (QED) is 0.327. The highest BCUT2D eigenvalue weighted by atomic mass is 16.1. The first-order valence-corrected chi connectivity index (χ1v) is 13.0. The molecule has 1 aliphatic heterocycles. The van der Waals surface area contributed by atoms with Crippen molar-refractivity contribution in [2.75, 3.05) is 49.3 Å². The SMILES string of the molecule is C=CCNC(=O)c1cnc(Nc2cnn(CC(C)C)c2)nc1Nc1cccc(N(C)C2CCN(C)CC2)n1. The van der Waals surface area contributed by atoms with E-state index in [0.717, 1.165) is 44.0 Å². The van der Waals surface area contributed by atoms with Gasteiger partial charge in [0.25, 0.3) is 5.91 Å². The van der Waals surface area contributed by atoms with E-state index in [0.29, 0.717) is 41.7 Å². The number of piperidine rings is 1. The van der Waals surface area contributed by atoms with Crippen LogP contribution >= 0.6 is 0 Å². The van der Waals surface area contributed by atoms with Crippen LogP contribution in [0.2, 0.25) is 0 Å². The number of aromatic nitrogens is 5. The number of carbonyl (C=O) groups is 1. The summed E-state index contributed by atoms with van der Waals surface area (Å²) in [5, 5.41) is 13.6. The molecular weight excluding hydrogens is 480 g/mol. The van der Waals surface area contributed by atoms with Gasteiger partial charge in [0, 0.05) is 38.6 Å². The van der Waals surface area contributed by atoms with Gasteiger partial charge >= 0.3 is 0 Å². The maximum absolute atomic E-state index is 12.9. The summed E-state index contributed by atoms with van der Waals surface area (Å²) >= 11 is 0. The van der Waals surface area contributed by atoms with Crippen molar-refractivity contribution in [2.24, 2.45) is 5.92 Å². The Morgan fingerprint density at radius 2 is 2.00 bits per heavy atom. The minimum Gasteiger partial charge on any atom is -0.357 e. The molecule has 0 spiro atoms. The maximum atomic E-state index is 12.9. The molecule has 0 radical (unpaired) electrons. The van der Waals surface area contributed by atoms with Crippen LogP contribution in [0.15, 0.2) is 49.4 Å². The van der Waals surface area contributed by atoms with Crippen LogP contribution in [-0.4, -0.2) is 75.3 Å². The summed E-state index contributed by atoms with van der Waals surface area (Å²) in [5.74, 6) is 2.33. The molecule has 1 fully saturated rings. The topological polar surface area (TPSA) is 116 Å². The first kappa shape index (κ1) is 27.1. The fourth-order valence-electron chi connectivity index (χ4n) is 4.37. The minimum absolute atomic E-state index is 0.302. The Bertz CT molecular complexity index is 1230. The fourth-order valence-corrected chi connectivity index (χ4v) is 4.37. The lowest BCUT2D eigenvalue weighted by molar-refractivity contribution is 0.0958. The first-order chi connectivity index (χ1) is 18.3. The average Bonchev–Trinajstić information content (AvgIpc) is 3.33. The van der Waals surface area contributed by atoms with Crippen LogP contribution in [0.5, 0.6) is 0 Å². The number of anilines is 5. The molecule has 0 unspecified atom stereocenters. The molecule has 0 aromatic carbocycles. The lowest BCUT2D eigenvalue weighted by atomic mass is 10.0. The predicted molar refractivity (Wildman–Crippen MR) is 151 cm³/mol. The van der Waals surface area contributed by atoms with Crippen molar-refractivity contribution in [3.63, 3.8) is 0 Å². The predicted octanol–water partition coefficient (Wildman–Crippen LogP) is 3.66. The molecule has 3 N–H and O–H groups in total. The van der Waals surface area contributed by atoms with Crippen LogP contribution in [0.1, 0.15) is 37.0 Å². The minimum atomic E-state index is -0.302. The smallest absolute Gasteiger partial charge is 0.256 e. The Balaban J connectivity index is 1.56. The molecule has 0 bridgehead atoms. The van der Waals surface area contributed by atoms with Crippen LogP contribution in [-0.2, 0) is 6.54 Å². The molecule has 0 aliphatic carbocycles. The van der Waals surface area contributed by atoms with Crippen molar-refractivity contribution in [1.82, 2.24) is 34.9 Å². The Labute approximate surface area is 224 Å². The third-order valence-corrected chi connectivity index (χ3v) is 6.46. The van der Waals surface area contributed by atoms with Crippen molar-refractivity contribution >= 4 is 35.0 Å². The van der Waals surface area contributed by atoms with E-state index in [9.17, 15) is 4.79 Å². The number of likely N-dealkylation sites (tertiary alicyclic amines) is 1. The van der Waals surface area contributed by atoms with Crippen molar-refractivity contribution in [3.8, 4) is 0 Å². The molecule has 3 aromatic heterocycles. The van der Waals surface area contributed by atoms with E-state index >= 15 is 0 Å². The highest BCUT2D eigenvalue weighted by Gasteiger charge is 2.22. The second kappa shape index (κ2) is 12.5. The number of hydrogen-bond donors (Lipinski definition) is 3. The van der Waals surface area contributed by atoms with Gasteiger partial charge in [0.2, 0.25) is 5.95 Å². The molecule has 4 heterocycles. The summed E-state index contributed by atoms with van der Waals surface area (Å²) in [5.41, 5.74) is 1.07. The third kappa shape index (κ3) is 7.06. The summed E-state index contributed by atoms with van der Waals surface area (Å²) in [6, 6.07) is 6.25. The molecule has 1 aliphatic rings. The molecule has 1 amide bonds. The molecule has 11 nitrogen and oxygen atoms in total. The Morgan fingerprint density at radius 1 is 1.21 bits per heavy atom. The number of amides is 1. The van der Waals surface area contributed by atoms with Gasteiger partial charge in [0.1, 0.15) is 23.0 Å². The molecular formula is C27H38N10O. The summed E-state index contributed by atoms with van der Waals surface area (Å²) in [4.78, 5) is 31.3. The van der Waals surface area contributed by atoms with Gasteiger partial charge in [-0.05, 0) is 51.0 Å². The van der Waals surface area contributed by atoms with E-state index in [4.69, 9.17) is 4.98 Å². The summed E-state index contributed by atoms with van der Waals surface area (Å²) in [6.45, 7) is 11.2.